The van der Waals surface area contributed by atoms with Crippen LogP contribution >= 0.6 is 0 Å². The van der Waals surface area contributed by atoms with E-state index in [0.717, 1.165) is 0 Å². The molecule has 0 radical (unpaired) electrons. The first-order valence-corrected chi connectivity index (χ1v) is 16.4. The van der Waals surface area contributed by atoms with Crippen molar-refractivity contribution in [3.05, 3.63) is 99.9 Å². The number of aromatic carboxylic acids is 2. The Kier molecular flexibility index (Phi) is 12.4. The summed E-state index contributed by atoms with van der Waals surface area (Å²) in [6.07, 6.45) is 0. The molecule has 12 heteroatoms. The third kappa shape index (κ3) is 9.22. The Balaban J connectivity index is 0.000000402. The number of hydrogen-bond donors (Lipinski definition) is 3. The second-order valence-electron chi connectivity index (χ2n) is 11.2. The van der Waals surface area contributed by atoms with Crippen LogP contribution in [-0.4, -0.2) is 56.6 Å². The molecule has 0 amide bonds. The van der Waals surface area contributed by atoms with Crippen molar-refractivity contribution in [1.29, 1.82) is 0 Å². The summed E-state index contributed by atoms with van der Waals surface area (Å²) in [5.74, 6) is -4.17. The normalized spacial score (nSPS) is 11.1. The molecule has 44 heavy (non-hydrogen) atoms. The van der Waals surface area contributed by atoms with Gasteiger partial charge in [0.05, 0.1) is 43.1 Å². The highest BCUT2D eigenvalue weighted by Gasteiger charge is 2.37. The summed E-state index contributed by atoms with van der Waals surface area (Å²) in [7, 11) is 0.523. The van der Waals surface area contributed by atoms with Crippen LogP contribution in [0.2, 0.25) is 18.1 Å². The number of carboxylic acid groups (broad SMARTS) is 2. The van der Waals surface area contributed by atoms with E-state index in [1.165, 1.54) is 50.6 Å². The summed E-state index contributed by atoms with van der Waals surface area (Å²) in [6.45, 7) is 10.9. The number of hydrogen-bond acceptors (Lipinski definition) is 8. The van der Waals surface area contributed by atoms with Crippen molar-refractivity contribution in [2.45, 2.75) is 52.1 Å². The van der Waals surface area contributed by atoms with Crippen LogP contribution < -0.4 is 5.32 Å². The van der Waals surface area contributed by atoms with Crippen molar-refractivity contribution in [2.24, 2.45) is 0 Å². The Morgan fingerprint density at radius 2 is 1.36 bits per heavy atom. The largest absolute Gasteiger partial charge is 0.478 e. The SMILES string of the molecule is CC(C)(C)[Si](C)(C)OCc1ccc(CNc2cccc(C(=O)O)c2C(=O)O)cc1F.COC(=O)c1ccccc1C(=O)OC. The highest BCUT2D eigenvalue weighted by Crippen LogP contribution is 2.37. The van der Waals surface area contributed by atoms with Crippen molar-refractivity contribution < 1.29 is 47.7 Å². The number of ether oxygens (including phenoxy) is 2. The molecule has 3 rings (SSSR count). The molecule has 3 N–H and O–H groups in total. The Labute approximate surface area is 256 Å². The zero-order valence-electron chi connectivity index (χ0n) is 25.8. The van der Waals surface area contributed by atoms with E-state index in [0.29, 0.717) is 11.1 Å². The van der Waals surface area contributed by atoms with Crippen molar-refractivity contribution in [1.82, 2.24) is 0 Å². The number of carboxylic acids is 2. The van der Waals surface area contributed by atoms with Gasteiger partial charge >= 0.3 is 23.9 Å². The molecule has 0 aliphatic carbocycles. The van der Waals surface area contributed by atoms with Gasteiger partial charge in [-0.3, -0.25) is 0 Å². The monoisotopic (exact) mass is 627 g/mol. The van der Waals surface area contributed by atoms with E-state index >= 15 is 0 Å². The fraction of sp³-hybridized carbons (Fsp3) is 0.312. The van der Waals surface area contributed by atoms with Gasteiger partial charge in [0.2, 0.25) is 0 Å². The molecular formula is C32H38FNO9Si. The maximum absolute atomic E-state index is 14.6. The van der Waals surface area contributed by atoms with Crippen molar-refractivity contribution in [3.63, 3.8) is 0 Å². The van der Waals surface area contributed by atoms with E-state index < -0.39 is 38.0 Å². The Morgan fingerprint density at radius 1 is 0.818 bits per heavy atom. The standard InChI is InChI=1S/C22H28FNO5Si.C10H10O4/c1-22(2,3)30(4,5)29-13-15-10-9-14(11-17(15)23)12-24-18-8-6-7-16(20(25)26)19(18)21(27)28;1-13-9(11)7-5-3-4-6-8(7)10(12)14-2/h6-11,24H,12-13H2,1-5H3,(H,25,26)(H,27,28);3-6H,1-2H3. The molecule has 3 aromatic carbocycles. The molecule has 0 heterocycles. The highest BCUT2D eigenvalue weighted by atomic mass is 28.4. The first kappa shape index (κ1) is 35.6. The van der Waals surface area contributed by atoms with Crippen LogP contribution in [0.1, 0.15) is 73.3 Å². The molecule has 236 valence electrons. The molecule has 3 aromatic rings. The Bertz CT molecular complexity index is 1480. The Hall–Kier alpha value is -4.55. The molecule has 0 aliphatic heterocycles. The minimum atomic E-state index is -2.00. The number of anilines is 1. The van der Waals surface area contributed by atoms with Gasteiger partial charge in [-0.15, -0.1) is 0 Å². The van der Waals surface area contributed by atoms with E-state index in [2.05, 4.69) is 48.7 Å². The van der Waals surface area contributed by atoms with Gasteiger partial charge in [0.15, 0.2) is 8.32 Å². The molecule has 0 bridgehead atoms. The zero-order valence-corrected chi connectivity index (χ0v) is 26.8. The summed E-state index contributed by atoms with van der Waals surface area (Å²) in [6, 6.07) is 15.3. The van der Waals surface area contributed by atoms with Gasteiger partial charge in [0.1, 0.15) is 5.82 Å². The molecule has 10 nitrogen and oxygen atoms in total. The summed E-state index contributed by atoms with van der Waals surface area (Å²) >= 11 is 0. The molecule has 0 saturated heterocycles. The van der Waals surface area contributed by atoms with Crippen LogP contribution in [0.4, 0.5) is 10.1 Å². The summed E-state index contributed by atoms with van der Waals surface area (Å²) < 4.78 is 29.7. The van der Waals surface area contributed by atoms with Gasteiger partial charge in [-0.05, 0) is 54.0 Å². The lowest BCUT2D eigenvalue weighted by Gasteiger charge is -2.36. The summed E-state index contributed by atoms with van der Waals surface area (Å²) in [4.78, 5) is 45.2. The van der Waals surface area contributed by atoms with Gasteiger partial charge in [0.25, 0.3) is 0 Å². The number of halogens is 1. The predicted octanol–water partition coefficient (Wildman–Crippen LogP) is 6.62. The van der Waals surface area contributed by atoms with Crippen LogP contribution in [0, 0.1) is 5.82 Å². The molecule has 0 aromatic heterocycles. The maximum Gasteiger partial charge on any atom is 0.338 e. The number of esters is 2. The third-order valence-electron chi connectivity index (χ3n) is 7.24. The van der Waals surface area contributed by atoms with E-state index in [4.69, 9.17) is 4.43 Å². The van der Waals surface area contributed by atoms with Crippen LogP contribution in [0.5, 0.6) is 0 Å². The summed E-state index contributed by atoms with van der Waals surface area (Å²) in [5, 5.41) is 21.5. The summed E-state index contributed by atoms with van der Waals surface area (Å²) in [5.41, 5.74) is 1.00. The molecule has 0 saturated carbocycles. The average Bonchev–Trinajstić information content (AvgIpc) is 2.98. The van der Waals surface area contributed by atoms with Crippen LogP contribution in [-0.2, 0) is 27.1 Å². The minimum absolute atomic E-state index is 0.0275. The lowest BCUT2D eigenvalue weighted by molar-refractivity contribution is 0.0555. The predicted molar refractivity (Wildman–Crippen MR) is 165 cm³/mol. The first-order valence-electron chi connectivity index (χ1n) is 13.5. The third-order valence-corrected chi connectivity index (χ3v) is 11.7. The van der Waals surface area contributed by atoms with Crippen molar-refractivity contribution in [3.8, 4) is 0 Å². The van der Waals surface area contributed by atoms with Crippen molar-refractivity contribution >= 4 is 37.9 Å². The molecule has 0 atom stereocenters. The quantitative estimate of drug-likeness (QED) is 0.165. The van der Waals surface area contributed by atoms with Crippen LogP contribution in [0.25, 0.3) is 0 Å². The zero-order chi connectivity index (χ0) is 33.2. The number of nitrogens with one attached hydrogen (secondary N) is 1. The molecule has 0 spiro atoms. The second kappa shape index (κ2) is 15.3. The van der Waals surface area contributed by atoms with Crippen LogP contribution in [0.15, 0.2) is 60.7 Å². The molecular weight excluding hydrogens is 589 g/mol. The van der Waals surface area contributed by atoms with Crippen molar-refractivity contribution in [2.75, 3.05) is 19.5 Å². The minimum Gasteiger partial charge on any atom is -0.478 e. The smallest absolute Gasteiger partial charge is 0.338 e. The average molecular weight is 628 g/mol. The van der Waals surface area contributed by atoms with Gasteiger partial charge < -0.3 is 29.4 Å². The fourth-order valence-corrected chi connectivity index (χ4v) is 4.61. The molecule has 0 fully saturated rings. The topological polar surface area (TPSA) is 148 Å². The van der Waals surface area contributed by atoms with E-state index in [9.17, 15) is 33.8 Å². The lowest BCUT2D eigenvalue weighted by Crippen LogP contribution is -2.40. The Morgan fingerprint density at radius 3 is 1.82 bits per heavy atom. The molecule has 0 unspecified atom stereocenters. The fourth-order valence-electron chi connectivity index (χ4n) is 3.66. The number of carbonyl (C=O) groups excluding carboxylic acids is 2. The number of rotatable bonds is 10. The first-order chi connectivity index (χ1) is 20.5. The maximum atomic E-state index is 14.6. The van der Waals surface area contributed by atoms with Gasteiger partial charge in [-0.1, -0.05) is 51.1 Å². The molecule has 0 aliphatic rings. The van der Waals surface area contributed by atoms with E-state index in [-0.39, 0.29) is 46.1 Å². The highest BCUT2D eigenvalue weighted by molar-refractivity contribution is 6.74. The van der Waals surface area contributed by atoms with E-state index in [1.807, 2.05) is 0 Å². The van der Waals surface area contributed by atoms with Gasteiger partial charge in [0, 0.05) is 17.8 Å². The van der Waals surface area contributed by atoms with Gasteiger partial charge in [-0.25, -0.2) is 23.6 Å². The lowest BCUT2D eigenvalue weighted by atomic mass is 10.0. The second-order valence-corrected chi connectivity index (χ2v) is 16.0. The number of carbonyl (C=O) groups is 4. The van der Waals surface area contributed by atoms with E-state index in [1.54, 1.807) is 24.3 Å². The number of methoxy groups -OCH3 is 2. The van der Waals surface area contributed by atoms with Crippen LogP contribution in [0.3, 0.4) is 0 Å². The number of benzene rings is 3. The van der Waals surface area contributed by atoms with Gasteiger partial charge in [-0.2, -0.15) is 0 Å².